The van der Waals surface area contributed by atoms with Crippen molar-refractivity contribution in [2.45, 2.75) is 6.54 Å². The Kier molecular flexibility index (Phi) is 4.10. The highest BCUT2D eigenvalue weighted by molar-refractivity contribution is 6.04. The summed E-state index contributed by atoms with van der Waals surface area (Å²) in [5, 5.41) is 9.75. The smallest absolute Gasteiger partial charge is 0.262 e. The number of ether oxygens (including phenoxy) is 1. The zero-order valence-corrected chi connectivity index (χ0v) is 13.8. The van der Waals surface area contributed by atoms with Gasteiger partial charge in [-0.25, -0.2) is 0 Å². The van der Waals surface area contributed by atoms with Crippen molar-refractivity contribution in [3.05, 3.63) is 72.1 Å². The van der Waals surface area contributed by atoms with Crippen molar-refractivity contribution in [2.75, 3.05) is 17.2 Å². The van der Waals surface area contributed by atoms with Crippen LogP contribution in [0.25, 0.3) is 0 Å². The van der Waals surface area contributed by atoms with Gasteiger partial charge in [0, 0.05) is 11.9 Å². The molecule has 26 heavy (non-hydrogen) atoms. The first-order valence-electron chi connectivity index (χ1n) is 8.12. The molecule has 1 aromatic heterocycles. The summed E-state index contributed by atoms with van der Waals surface area (Å²) in [5.74, 6) is 0.0914. The van der Waals surface area contributed by atoms with Crippen LogP contribution in [0.4, 0.5) is 11.4 Å². The molecule has 2 amide bonds. The Balaban J connectivity index is 1.45. The first-order valence-corrected chi connectivity index (χ1v) is 8.12. The SMILES string of the molecule is O=C1COc2ccc(NC(=O)c3cnn(Cc4ccccc4)c3)cc2N1. The molecule has 0 spiro atoms. The molecular weight excluding hydrogens is 332 g/mol. The van der Waals surface area contributed by atoms with E-state index in [0.717, 1.165) is 5.56 Å². The van der Waals surface area contributed by atoms with E-state index in [9.17, 15) is 9.59 Å². The van der Waals surface area contributed by atoms with E-state index in [0.29, 0.717) is 29.2 Å². The molecular formula is C19H16N4O3. The molecule has 0 bridgehead atoms. The Morgan fingerprint density at radius 3 is 2.92 bits per heavy atom. The second-order valence-corrected chi connectivity index (χ2v) is 5.91. The van der Waals surface area contributed by atoms with Gasteiger partial charge in [-0.1, -0.05) is 30.3 Å². The number of aromatic nitrogens is 2. The largest absolute Gasteiger partial charge is 0.482 e. The lowest BCUT2D eigenvalue weighted by atomic mass is 10.2. The number of anilines is 2. The van der Waals surface area contributed by atoms with Crippen LogP contribution in [-0.2, 0) is 11.3 Å². The number of benzene rings is 2. The minimum atomic E-state index is -0.271. The van der Waals surface area contributed by atoms with Gasteiger partial charge in [0.2, 0.25) is 0 Å². The maximum Gasteiger partial charge on any atom is 0.262 e. The lowest BCUT2D eigenvalue weighted by molar-refractivity contribution is -0.118. The molecule has 0 radical (unpaired) electrons. The summed E-state index contributed by atoms with van der Waals surface area (Å²) in [6.45, 7) is 0.593. The predicted molar refractivity (Wildman–Crippen MR) is 96.3 cm³/mol. The van der Waals surface area contributed by atoms with Gasteiger partial charge in [-0.3, -0.25) is 14.3 Å². The first kappa shape index (κ1) is 15.9. The van der Waals surface area contributed by atoms with Gasteiger partial charge in [0.05, 0.1) is 24.0 Å². The number of hydrogen-bond donors (Lipinski definition) is 2. The standard InChI is InChI=1S/C19H16N4O3/c24-18-12-26-17-7-6-15(8-16(17)22-18)21-19(25)14-9-20-23(11-14)10-13-4-2-1-3-5-13/h1-9,11H,10,12H2,(H,21,25)(H,22,24). The van der Waals surface area contributed by atoms with Crippen molar-refractivity contribution < 1.29 is 14.3 Å². The van der Waals surface area contributed by atoms with Crippen LogP contribution in [-0.4, -0.2) is 28.2 Å². The Labute approximate surface area is 149 Å². The van der Waals surface area contributed by atoms with Crippen molar-refractivity contribution >= 4 is 23.2 Å². The molecule has 4 rings (SSSR count). The molecule has 0 saturated heterocycles. The fraction of sp³-hybridized carbons (Fsp3) is 0.105. The number of fused-ring (bicyclic) bond motifs is 1. The maximum atomic E-state index is 12.4. The van der Waals surface area contributed by atoms with Gasteiger partial charge in [0.25, 0.3) is 11.8 Å². The van der Waals surface area contributed by atoms with Crippen molar-refractivity contribution in [3.63, 3.8) is 0 Å². The van der Waals surface area contributed by atoms with Gasteiger partial charge in [-0.2, -0.15) is 5.10 Å². The summed E-state index contributed by atoms with van der Waals surface area (Å²) in [6, 6.07) is 15.0. The van der Waals surface area contributed by atoms with Crippen LogP contribution < -0.4 is 15.4 Å². The van der Waals surface area contributed by atoms with Crippen LogP contribution in [0.2, 0.25) is 0 Å². The molecule has 0 fully saturated rings. The third kappa shape index (κ3) is 3.41. The maximum absolute atomic E-state index is 12.4. The molecule has 2 N–H and O–H groups in total. The molecule has 1 aliphatic heterocycles. The number of carbonyl (C=O) groups excluding carboxylic acids is 2. The average molecular weight is 348 g/mol. The monoisotopic (exact) mass is 348 g/mol. The number of amides is 2. The molecule has 0 unspecified atom stereocenters. The van der Waals surface area contributed by atoms with Crippen molar-refractivity contribution in [1.29, 1.82) is 0 Å². The highest BCUT2D eigenvalue weighted by atomic mass is 16.5. The Morgan fingerprint density at radius 2 is 2.08 bits per heavy atom. The van der Waals surface area contributed by atoms with Gasteiger partial charge in [0.15, 0.2) is 6.61 Å². The number of nitrogens with one attached hydrogen (secondary N) is 2. The molecule has 7 heteroatoms. The molecule has 0 saturated carbocycles. The molecule has 1 aliphatic rings. The van der Waals surface area contributed by atoms with Crippen LogP contribution in [0.15, 0.2) is 60.9 Å². The van der Waals surface area contributed by atoms with E-state index in [1.807, 2.05) is 30.3 Å². The molecule has 0 aliphatic carbocycles. The fourth-order valence-corrected chi connectivity index (χ4v) is 2.70. The van der Waals surface area contributed by atoms with Crippen LogP contribution >= 0.6 is 0 Å². The summed E-state index contributed by atoms with van der Waals surface area (Å²) >= 11 is 0. The number of rotatable bonds is 4. The highest BCUT2D eigenvalue weighted by Gasteiger charge is 2.17. The lowest BCUT2D eigenvalue weighted by Gasteiger charge is -2.18. The van der Waals surface area contributed by atoms with Crippen molar-refractivity contribution in [1.82, 2.24) is 9.78 Å². The zero-order chi connectivity index (χ0) is 17.9. The minimum Gasteiger partial charge on any atom is -0.482 e. The summed E-state index contributed by atoms with van der Waals surface area (Å²) < 4.78 is 7.02. The second-order valence-electron chi connectivity index (χ2n) is 5.91. The predicted octanol–water partition coefficient (Wildman–Crippen LogP) is 2.51. The lowest BCUT2D eigenvalue weighted by Crippen LogP contribution is -2.25. The minimum absolute atomic E-state index is 0.000690. The molecule has 130 valence electrons. The number of hydrogen-bond acceptors (Lipinski definition) is 4. The topological polar surface area (TPSA) is 85.2 Å². The number of nitrogens with zero attached hydrogens (tertiary/aromatic N) is 2. The average Bonchev–Trinajstić information content (AvgIpc) is 3.11. The van der Waals surface area contributed by atoms with E-state index in [1.165, 1.54) is 6.20 Å². The van der Waals surface area contributed by atoms with Crippen molar-refractivity contribution in [3.8, 4) is 5.75 Å². The van der Waals surface area contributed by atoms with Crippen molar-refractivity contribution in [2.24, 2.45) is 0 Å². The quantitative estimate of drug-likeness (QED) is 0.759. The first-order chi connectivity index (χ1) is 12.7. The summed E-state index contributed by atoms with van der Waals surface area (Å²) in [6.07, 6.45) is 3.23. The van der Waals surface area contributed by atoms with Gasteiger partial charge in [-0.15, -0.1) is 0 Å². The van der Waals surface area contributed by atoms with E-state index < -0.39 is 0 Å². The fourth-order valence-electron chi connectivity index (χ4n) is 2.70. The molecule has 2 heterocycles. The van der Waals surface area contributed by atoms with E-state index in [2.05, 4.69) is 15.7 Å². The summed E-state index contributed by atoms with van der Waals surface area (Å²) in [7, 11) is 0. The van der Waals surface area contributed by atoms with Gasteiger partial charge >= 0.3 is 0 Å². The van der Waals surface area contributed by atoms with E-state index >= 15 is 0 Å². The van der Waals surface area contributed by atoms with E-state index in [-0.39, 0.29) is 18.4 Å². The molecule has 0 atom stereocenters. The molecule has 3 aromatic rings. The van der Waals surface area contributed by atoms with Crippen LogP contribution in [0, 0.1) is 0 Å². The highest BCUT2D eigenvalue weighted by Crippen LogP contribution is 2.30. The Morgan fingerprint density at radius 1 is 1.23 bits per heavy atom. The number of carbonyl (C=O) groups is 2. The van der Waals surface area contributed by atoms with E-state index in [4.69, 9.17) is 4.74 Å². The van der Waals surface area contributed by atoms with E-state index in [1.54, 1.807) is 29.1 Å². The van der Waals surface area contributed by atoms with Gasteiger partial charge < -0.3 is 15.4 Å². The molecule has 7 nitrogen and oxygen atoms in total. The third-order valence-electron chi connectivity index (χ3n) is 3.95. The molecule has 2 aromatic carbocycles. The zero-order valence-electron chi connectivity index (χ0n) is 13.8. The summed E-state index contributed by atoms with van der Waals surface area (Å²) in [4.78, 5) is 23.8. The second kappa shape index (κ2) is 6.72. The normalized spacial score (nSPS) is 12.7. The third-order valence-corrected chi connectivity index (χ3v) is 3.95. The van der Waals surface area contributed by atoms with Crippen LogP contribution in [0.1, 0.15) is 15.9 Å². The Bertz CT molecular complexity index is 966. The van der Waals surface area contributed by atoms with Gasteiger partial charge in [0.1, 0.15) is 5.75 Å². The van der Waals surface area contributed by atoms with Gasteiger partial charge in [-0.05, 0) is 23.8 Å². The van der Waals surface area contributed by atoms with Crippen LogP contribution in [0.3, 0.4) is 0 Å². The van der Waals surface area contributed by atoms with Crippen LogP contribution in [0.5, 0.6) is 5.75 Å². The Hall–Kier alpha value is -3.61. The summed E-state index contributed by atoms with van der Waals surface area (Å²) in [5.41, 5.74) is 2.67.